The Morgan fingerprint density at radius 2 is 1.90 bits per heavy atom. The lowest BCUT2D eigenvalue weighted by Crippen LogP contribution is -2.38. The molecule has 1 aromatic carbocycles. The minimum Gasteiger partial charge on any atom is -0.378 e. The maximum absolute atomic E-state index is 12.4. The number of amides is 2. The molecule has 2 amide bonds. The van der Waals surface area contributed by atoms with E-state index >= 15 is 0 Å². The van der Waals surface area contributed by atoms with Gasteiger partial charge in [-0.1, -0.05) is 11.8 Å². The Labute approximate surface area is 173 Å². The standard InChI is InChI=1S/C19H24N6O3S/c1-20-17(27)13-2-4-14(5-3-13)21-16(26)12-29-19-23-22-18(25(19)15-6-7-15)24-8-10-28-11-9-24/h2-5,15H,6-12H2,1H3,(H,20,27)(H,21,26). The van der Waals surface area contributed by atoms with E-state index in [1.165, 1.54) is 11.8 Å². The molecule has 154 valence electrons. The van der Waals surface area contributed by atoms with Crippen molar-refractivity contribution in [2.45, 2.75) is 24.0 Å². The third-order valence-corrected chi connectivity index (χ3v) is 5.79. The third kappa shape index (κ3) is 4.70. The van der Waals surface area contributed by atoms with Gasteiger partial charge in [0.25, 0.3) is 5.91 Å². The molecule has 1 aromatic heterocycles. The average molecular weight is 417 g/mol. The summed E-state index contributed by atoms with van der Waals surface area (Å²) in [7, 11) is 1.58. The van der Waals surface area contributed by atoms with Crippen LogP contribution in [-0.2, 0) is 9.53 Å². The smallest absolute Gasteiger partial charge is 0.251 e. The molecule has 4 rings (SSSR count). The second kappa shape index (κ2) is 8.83. The summed E-state index contributed by atoms with van der Waals surface area (Å²) in [4.78, 5) is 26.2. The SMILES string of the molecule is CNC(=O)c1ccc(NC(=O)CSc2nnc(N3CCOCC3)n2C2CC2)cc1. The summed E-state index contributed by atoms with van der Waals surface area (Å²) < 4.78 is 7.59. The third-order valence-electron chi connectivity index (χ3n) is 4.84. The lowest BCUT2D eigenvalue weighted by Gasteiger charge is -2.27. The van der Waals surface area contributed by atoms with Crippen molar-refractivity contribution in [1.29, 1.82) is 0 Å². The second-order valence-corrected chi connectivity index (χ2v) is 7.92. The fourth-order valence-electron chi connectivity index (χ4n) is 3.18. The number of morpholine rings is 1. The molecule has 1 aliphatic carbocycles. The van der Waals surface area contributed by atoms with Gasteiger partial charge >= 0.3 is 0 Å². The maximum Gasteiger partial charge on any atom is 0.251 e. The molecule has 2 aromatic rings. The number of thioether (sulfide) groups is 1. The number of hydrogen-bond donors (Lipinski definition) is 2. The van der Waals surface area contributed by atoms with Crippen molar-refractivity contribution in [2.24, 2.45) is 0 Å². The first-order chi connectivity index (χ1) is 14.2. The van der Waals surface area contributed by atoms with Crippen molar-refractivity contribution < 1.29 is 14.3 Å². The van der Waals surface area contributed by atoms with Crippen LogP contribution in [-0.4, -0.2) is 65.7 Å². The Morgan fingerprint density at radius 3 is 2.55 bits per heavy atom. The Hall–Kier alpha value is -2.59. The maximum atomic E-state index is 12.4. The average Bonchev–Trinajstić information content (AvgIpc) is 3.51. The number of benzene rings is 1. The van der Waals surface area contributed by atoms with Gasteiger partial charge in [-0.2, -0.15) is 0 Å². The van der Waals surface area contributed by atoms with Crippen LogP contribution in [0.25, 0.3) is 0 Å². The summed E-state index contributed by atoms with van der Waals surface area (Å²) in [5.74, 6) is 0.837. The Bertz CT molecular complexity index is 875. The molecule has 0 bridgehead atoms. The number of carbonyl (C=O) groups excluding carboxylic acids is 2. The normalized spacial score (nSPS) is 16.5. The Balaban J connectivity index is 1.37. The largest absolute Gasteiger partial charge is 0.378 e. The summed E-state index contributed by atoms with van der Waals surface area (Å²) >= 11 is 1.39. The van der Waals surface area contributed by atoms with Crippen LogP contribution in [0.3, 0.4) is 0 Å². The summed E-state index contributed by atoms with van der Waals surface area (Å²) in [5, 5.41) is 14.9. The van der Waals surface area contributed by atoms with Gasteiger partial charge in [-0.25, -0.2) is 0 Å². The van der Waals surface area contributed by atoms with Crippen LogP contribution < -0.4 is 15.5 Å². The molecule has 2 fully saturated rings. The van der Waals surface area contributed by atoms with Crippen LogP contribution in [0, 0.1) is 0 Å². The molecule has 0 atom stereocenters. The molecule has 9 nitrogen and oxygen atoms in total. The molecular formula is C19H24N6O3S. The first kappa shape index (κ1) is 19.7. The number of aromatic nitrogens is 3. The van der Waals surface area contributed by atoms with Gasteiger partial charge in [0.1, 0.15) is 0 Å². The van der Waals surface area contributed by atoms with E-state index in [9.17, 15) is 9.59 Å². The van der Waals surface area contributed by atoms with Gasteiger partial charge in [0.2, 0.25) is 11.9 Å². The van der Waals surface area contributed by atoms with Crippen molar-refractivity contribution in [3.8, 4) is 0 Å². The van der Waals surface area contributed by atoms with E-state index in [0.717, 1.165) is 37.0 Å². The van der Waals surface area contributed by atoms with Crippen molar-refractivity contribution in [2.75, 3.05) is 49.3 Å². The van der Waals surface area contributed by atoms with E-state index in [2.05, 4.69) is 30.3 Å². The number of rotatable bonds is 7. The number of anilines is 2. The number of ether oxygens (including phenoxy) is 1. The molecular weight excluding hydrogens is 392 g/mol. The summed E-state index contributed by atoms with van der Waals surface area (Å²) in [6, 6.07) is 7.22. The molecule has 1 aliphatic heterocycles. The lowest BCUT2D eigenvalue weighted by molar-refractivity contribution is -0.113. The highest BCUT2D eigenvalue weighted by atomic mass is 32.2. The number of carbonyl (C=O) groups is 2. The van der Waals surface area contributed by atoms with Crippen LogP contribution in [0.5, 0.6) is 0 Å². The summed E-state index contributed by atoms with van der Waals surface area (Å²) in [5.41, 5.74) is 1.20. The Kier molecular flexibility index (Phi) is 6.00. The van der Waals surface area contributed by atoms with Crippen LogP contribution in [0.1, 0.15) is 29.2 Å². The van der Waals surface area contributed by atoms with Gasteiger partial charge in [-0.05, 0) is 37.1 Å². The zero-order valence-electron chi connectivity index (χ0n) is 16.3. The lowest BCUT2D eigenvalue weighted by atomic mass is 10.2. The zero-order valence-corrected chi connectivity index (χ0v) is 17.1. The van der Waals surface area contributed by atoms with E-state index < -0.39 is 0 Å². The van der Waals surface area contributed by atoms with E-state index in [-0.39, 0.29) is 17.6 Å². The number of nitrogens with zero attached hydrogens (tertiary/aromatic N) is 4. The van der Waals surface area contributed by atoms with Gasteiger partial charge in [-0.3, -0.25) is 14.2 Å². The van der Waals surface area contributed by atoms with Crippen LogP contribution >= 0.6 is 11.8 Å². The van der Waals surface area contributed by atoms with Crippen molar-refractivity contribution in [1.82, 2.24) is 20.1 Å². The topological polar surface area (TPSA) is 101 Å². The van der Waals surface area contributed by atoms with Crippen molar-refractivity contribution in [3.63, 3.8) is 0 Å². The van der Waals surface area contributed by atoms with Gasteiger partial charge in [-0.15, -0.1) is 10.2 Å². The minimum absolute atomic E-state index is 0.124. The molecule has 1 saturated carbocycles. The summed E-state index contributed by atoms with van der Waals surface area (Å²) in [6.45, 7) is 3.01. The highest BCUT2D eigenvalue weighted by molar-refractivity contribution is 7.99. The second-order valence-electron chi connectivity index (χ2n) is 6.98. The molecule has 2 heterocycles. The molecule has 0 unspecified atom stereocenters. The highest BCUT2D eigenvalue weighted by Gasteiger charge is 2.32. The number of hydrogen-bond acceptors (Lipinski definition) is 7. The van der Waals surface area contributed by atoms with Crippen LogP contribution in [0.15, 0.2) is 29.4 Å². The number of nitrogens with one attached hydrogen (secondary N) is 2. The van der Waals surface area contributed by atoms with E-state index in [1.807, 2.05) is 0 Å². The first-order valence-corrected chi connectivity index (χ1v) is 10.7. The van der Waals surface area contributed by atoms with E-state index in [0.29, 0.717) is 30.5 Å². The zero-order chi connectivity index (χ0) is 20.2. The predicted molar refractivity (Wildman–Crippen MR) is 111 cm³/mol. The van der Waals surface area contributed by atoms with Gasteiger partial charge in [0, 0.05) is 37.4 Å². The molecule has 2 aliphatic rings. The minimum atomic E-state index is -0.158. The van der Waals surface area contributed by atoms with Crippen LogP contribution in [0.4, 0.5) is 11.6 Å². The van der Waals surface area contributed by atoms with Crippen LogP contribution in [0.2, 0.25) is 0 Å². The van der Waals surface area contributed by atoms with E-state index in [1.54, 1.807) is 31.3 Å². The Morgan fingerprint density at radius 1 is 1.17 bits per heavy atom. The predicted octanol–water partition coefficient (Wildman–Crippen LogP) is 1.54. The first-order valence-electron chi connectivity index (χ1n) is 9.68. The molecule has 1 saturated heterocycles. The highest BCUT2D eigenvalue weighted by Crippen LogP contribution is 2.41. The van der Waals surface area contributed by atoms with Gasteiger partial charge < -0.3 is 20.3 Å². The van der Waals surface area contributed by atoms with Gasteiger partial charge in [0.05, 0.1) is 19.0 Å². The molecule has 2 N–H and O–H groups in total. The molecule has 0 spiro atoms. The summed E-state index contributed by atoms with van der Waals surface area (Å²) in [6.07, 6.45) is 2.24. The quantitative estimate of drug-likeness (QED) is 0.660. The fourth-order valence-corrected chi connectivity index (χ4v) is 3.98. The fraction of sp³-hybridized carbons (Fsp3) is 0.474. The monoisotopic (exact) mass is 416 g/mol. The van der Waals surface area contributed by atoms with Crippen molar-refractivity contribution >= 4 is 35.2 Å². The molecule has 10 heteroatoms. The molecule has 29 heavy (non-hydrogen) atoms. The molecule has 0 radical (unpaired) electrons. The van der Waals surface area contributed by atoms with E-state index in [4.69, 9.17) is 4.74 Å². The van der Waals surface area contributed by atoms with Crippen molar-refractivity contribution in [3.05, 3.63) is 29.8 Å². The van der Waals surface area contributed by atoms with Gasteiger partial charge in [0.15, 0.2) is 5.16 Å².